The molecule has 0 saturated heterocycles. The highest BCUT2D eigenvalue weighted by Crippen LogP contribution is 2.28. The predicted octanol–water partition coefficient (Wildman–Crippen LogP) is 4.04. The maximum absolute atomic E-state index is 12.0. The second-order valence-electron chi connectivity index (χ2n) is 2.98. The van der Waals surface area contributed by atoms with Crippen molar-refractivity contribution in [1.82, 2.24) is 0 Å². The van der Waals surface area contributed by atoms with E-state index in [-0.39, 0.29) is 5.75 Å². The van der Waals surface area contributed by atoms with Gasteiger partial charge in [0.25, 0.3) is 0 Å². The number of alkyl halides is 4. The Bertz CT molecular complexity index is 336. The molecule has 0 heterocycles. The smallest absolute Gasteiger partial charge is 0.405 e. The molecule has 1 rings (SSSR count). The van der Waals surface area contributed by atoms with Crippen molar-refractivity contribution in [2.75, 3.05) is 0 Å². The van der Waals surface area contributed by atoms with Crippen molar-refractivity contribution < 1.29 is 17.9 Å². The normalized spacial score (nSPS) is 11.5. The topological polar surface area (TPSA) is 9.23 Å². The van der Waals surface area contributed by atoms with E-state index in [4.69, 9.17) is 0 Å². The minimum Gasteiger partial charge on any atom is -0.405 e. The Morgan fingerprint density at radius 2 is 2.00 bits per heavy atom. The molecule has 0 N–H and O–H groups in total. The molecule has 1 aromatic rings. The first-order valence-corrected chi connectivity index (χ1v) is 5.52. The number of ether oxygens (including phenoxy) is 1. The lowest BCUT2D eigenvalue weighted by atomic mass is 10.1. The Balaban J connectivity index is 2.97. The fourth-order valence-corrected chi connectivity index (χ4v) is 1.62. The summed E-state index contributed by atoms with van der Waals surface area (Å²) in [7, 11) is 0. The lowest BCUT2D eigenvalue weighted by Gasteiger charge is -2.12. The van der Waals surface area contributed by atoms with Gasteiger partial charge in [0.15, 0.2) is 0 Å². The summed E-state index contributed by atoms with van der Waals surface area (Å²) < 4.78 is 39.9. The molecule has 0 saturated carbocycles. The van der Waals surface area contributed by atoms with Crippen molar-refractivity contribution in [2.45, 2.75) is 25.0 Å². The predicted molar refractivity (Wildman–Crippen MR) is 55.1 cm³/mol. The summed E-state index contributed by atoms with van der Waals surface area (Å²) >= 11 is 3.13. The Morgan fingerprint density at radius 3 is 2.47 bits per heavy atom. The Kier molecular flexibility index (Phi) is 4.02. The Hall–Kier alpha value is -0.710. The van der Waals surface area contributed by atoms with Gasteiger partial charge in [-0.1, -0.05) is 35.0 Å². The molecule has 1 aromatic carbocycles. The zero-order valence-corrected chi connectivity index (χ0v) is 9.65. The van der Waals surface area contributed by atoms with Gasteiger partial charge in [-0.25, -0.2) is 0 Å². The van der Waals surface area contributed by atoms with Crippen LogP contribution in [0.4, 0.5) is 13.2 Å². The average Bonchev–Trinajstić information content (AvgIpc) is 2.16. The van der Waals surface area contributed by atoms with Gasteiger partial charge >= 0.3 is 6.36 Å². The maximum Gasteiger partial charge on any atom is 0.573 e. The van der Waals surface area contributed by atoms with Crippen molar-refractivity contribution in [3.8, 4) is 5.75 Å². The second kappa shape index (κ2) is 4.88. The fourth-order valence-electron chi connectivity index (χ4n) is 1.18. The third kappa shape index (κ3) is 3.74. The van der Waals surface area contributed by atoms with Crippen LogP contribution in [0.3, 0.4) is 0 Å². The van der Waals surface area contributed by atoms with Gasteiger partial charge < -0.3 is 4.74 Å². The van der Waals surface area contributed by atoms with Crippen LogP contribution in [0.1, 0.15) is 18.1 Å². The molecule has 5 heteroatoms. The van der Waals surface area contributed by atoms with Crippen LogP contribution in [0.5, 0.6) is 5.75 Å². The molecular weight excluding hydrogens is 273 g/mol. The minimum absolute atomic E-state index is 0.142. The van der Waals surface area contributed by atoms with Gasteiger partial charge in [-0.15, -0.1) is 13.2 Å². The van der Waals surface area contributed by atoms with E-state index >= 15 is 0 Å². The molecule has 0 radical (unpaired) electrons. The monoisotopic (exact) mass is 282 g/mol. The highest BCUT2D eigenvalue weighted by atomic mass is 79.9. The average molecular weight is 283 g/mol. The maximum atomic E-state index is 12.0. The lowest BCUT2D eigenvalue weighted by molar-refractivity contribution is -0.274. The number of aryl methyl sites for hydroxylation is 1. The van der Waals surface area contributed by atoms with E-state index < -0.39 is 6.36 Å². The van der Waals surface area contributed by atoms with E-state index in [1.165, 1.54) is 6.07 Å². The first kappa shape index (κ1) is 12.4. The molecule has 0 amide bonds. The molecule has 0 spiro atoms. The standard InChI is InChI=1S/C10H10BrF3O/c1-2-7-3-4-9(8(5-7)6-11)15-10(12,13)14/h3-5H,2,6H2,1H3. The third-order valence-corrected chi connectivity index (χ3v) is 2.51. The zero-order valence-electron chi connectivity index (χ0n) is 8.07. The van der Waals surface area contributed by atoms with Crippen LogP contribution >= 0.6 is 15.9 Å². The van der Waals surface area contributed by atoms with E-state index in [0.29, 0.717) is 10.9 Å². The van der Waals surface area contributed by atoms with Crippen LogP contribution in [0.15, 0.2) is 18.2 Å². The van der Waals surface area contributed by atoms with E-state index in [2.05, 4.69) is 20.7 Å². The number of benzene rings is 1. The fraction of sp³-hybridized carbons (Fsp3) is 0.400. The van der Waals surface area contributed by atoms with Crippen molar-refractivity contribution in [1.29, 1.82) is 0 Å². The van der Waals surface area contributed by atoms with E-state index in [1.54, 1.807) is 12.1 Å². The van der Waals surface area contributed by atoms with E-state index in [0.717, 1.165) is 12.0 Å². The summed E-state index contributed by atoms with van der Waals surface area (Å²) in [5.41, 5.74) is 1.49. The molecular formula is C10H10BrF3O. The largest absolute Gasteiger partial charge is 0.573 e. The van der Waals surface area contributed by atoms with Crippen molar-refractivity contribution in [2.24, 2.45) is 0 Å². The molecule has 1 nitrogen and oxygen atoms in total. The van der Waals surface area contributed by atoms with Crippen LogP contribution in [0.25, 0.3) is 0 Å². The first-order valence-electron chi connectivity index (χ1n) is 4.39. The molecule has 84 valence electrons. The summed E-state index contributed by atoms with van der Waals surface area (Å²) in [4.78, 5) is 0. The Labute approximate surface area is 94.4 Å². The zero-order chi connectivity index (χ0) is 11.5. The third-order valence-electron chi connectivity index (χ3n) is 1.90. The molecule has 0 aliphatic rings. The molecule has 0 aliphatic heterocycles. The summed E-state index contributed by atoms with van der Waals surface area (Å²) in [5, 5.41) is 0.340. The van der Waals surface area contributed by atoms with Crippen LogP contribution in [0.2, 0.25) is 0 Å². The van der Waals surface area contributed by atoms with Gasteiger partial charge in [-0.05, 0) is 18.1 Å². The second-order valence-corrected chi connectivity index (χ2v) is 3.54. The first-order chi connectivity index (χ1) is 6.96. The van der Waals surface area contributed by atoms with E-state index in [1.807, 2.05) is 6.92 Å². The highest BCUT2D eigenvalue weighted by Gasteiger charge is 2.31. The summed E-state index contributed by atoms with van der Waals surface area (Å²) in [5.74, 6) is -0.142. The van der Waals surface area contributed by atoms with Crippen LogP contribution < -0.4 is 4.74 Å². The van der Waals surface area contributed by atoms with Crippen LogP contribution in [-0.2, 0) is 11.8 Å². The summed E-state index contributed by atoms with van der Waals surface area (Å²) in [6.45, 7) is 1.94. The van der Waals surface area contributed by atoms with Gasteiger partial charge in [-0.3, -0.25) is 0 Å². The van der Waals surface area contributed by atoms with Gasteiger partial charge in [0.1, 0.15) is 5.75 Å². The van der Waals surface area contributed by atoms with Crippen LogP contribution in [0, 0.1) is 0 Å². The molecule has 0 fully saturated rings. The van der Waals surface area contributed by atoms with E-state index in [9.17, 15) is 13.2 Å². The SMILES string of the molecule is CCc1ccc(OC(F)(F)F)c(CBr)c1. The molecule has 0 unspecified atom stereocenters. The van der Waals surface area contributed by atoms with Gasteiger partial charge in [0.05, 0.1) is 0 Å². The van der Waals surface area contributed by atoms with Gasteiger partial charge in [0, 0.05) is 10.9 Å². The molecule has 0 bridgehead atoms. The number of hydrogen-bond donors (Lipinski definition) is 0. The van der Waals surface area contributed by atoms with Gasteiger partial charge in [-0.2, -0.15) is 0 Å². The molecule has 15 heavy (non-hydrogen) atoms. The number of hydrogen-bond acceptors (Lipinski definition) is 1. The van der Waals surface area contributed by atoms with Crippen LogP contribution in [-0.4, -0.2) is 6.36 Å². The van der Waals surface area contributed by atoms with Crippen molar-refractivity contribution in [3.63, 3.8) is 0 Å². The number of rotatable bonds is 3. The lowest BCUT2D eigenvalue weighted by Crippen LogP contribution is -2.18. The molecule has 0 aromatic heterocycles. The minimum atomic E-state index is -4.63. The number of halogens is 4. The highest BCUT2D eigenvalue weighted by molar-refractivity contribution is 9.08. The summed E-state index contributed by atoms with van der Waals surface area (Å²) in [6, 6.07) is 4.69. The molecule has 0 atom stereocenters. The van der Waals surface area contributed by atoms with Gasteiger partial charge in [0.2, 0.25) is 0 Å². The summed E-state index contributed by atoms with van der Waals surface area (Å²) in [6.07, 6.45) is -3.85. The quantitative estimate of drug-likeness (QED) is 0.761. The van der Waals surface area contributed by atoms with Crippen molar-refractivity contribution >= 4 is 15.9 Å². The Morgan fingerprint density at radius 1 is 1.33 bits per heavy atom. The van der Waals surface area contributed by atoms with Crippen molar-refractivity contribution in [3.05, 3.63) is 29.3 Å². The molecule has 0 aliphatic carbocycles.